The molecule has 0 saturated carbocycles. The van der Waals surface area contributed by atoms with Gasteiger partial charge in [-0.15, -0.1) is 34.0 Å². The van der Waals surface area contributed by atoms with E-state index in [0.717, 1.165) is 16.7 Å². The maximum atomic E-state index is 5.09. The normalized spacial score (nSPS) is 11.9. The van der Waals surface area contributed by atoms with Gasteiger partial charge in [0, 0.05) is 88.3 Å². The molecule has 0 radical (unpaired) electrons. The van der Waals surface area contributed by atoms with Gasteiger partial charge in [-0.1, -0.05) is 146 Å². The minimum atomic E-state index is 0.666. The van der Waals surface area contributed by atoms with Crippen LogP contribution in [0.25, 0.3) is 117 Å². The van der Waals surface area contributed by atoms with Crippen molar-refractivity contribution < 1.29 is 0 Å². The summed E-state index contributed by atoms with van der Waals surface area (Å²) in [4.78, 5) is 15.1. The van der Waals surface area contributed by atoms with E-state index in [-0.39, 0.29) is 0 Å². The summed E-state index contributed by atoms with van der Waals surface area (Å²) in [5.41, 5.74) is 8.00. The second-order valence-corrected chi connectivity index (χ2v) is 17.4. The molecule has 0 bridgehead atoms. The third-order valence-electron chi connectivity index (χ3n) is 11.0. The molecular formula is C51H29N3S3. The molecule has 3 nitrogen and oxygen atoms in total. The second-order valence-electron chi connectivity index (χ2n) is 14.3. The summed E-state index contributed by atoms with van der Waals surface area (Å²) >= 11 is 5.60. The van der Waals surface area contributed by atoms with Crippen LogP contribution in [0.2, 0.25) is 0 Å². The van der Waals surface area contributed by atoms with E-state index in [9.17, 15) is 0 Å². The van der Waals surface area contributed by atoms with Gasteiger partial charge in [0.15, 0.2) is 17.5 Å². The zero-order valence-electron chi connectivity index (χ0n) is 30.3. The highest BCUT2D eigenvalue weighted by Crippen LogP contribution is 2.49. The van der Waals surface area contributed by atoms with Crippen molar-refractivity contribution in [2.24, 2.45) is 0 Å². The van der Waals surface area contributed by atoms with Crippen LogP contribution in [0.3, 0.4) is 0 Å². The Hall–Kier alpha value is -6.57. The molecule has 0 fully saturated rings. The molecule has 266 valence electrons. The van der Waals surface area contributed by atoms with Gasteiger partial charge in [0.05, 0.1) is 0 Å². The summed E-state index contributed by atoms with van der Waals surface area (Å²) < 4.78 is 7.71. The number of thiophene rings is 3. The lowest BCUT2D eigenvalue weighted by atomic mass is 9.93. The molecule has 0 unspecified atom stereocenters. The van der Waals surface area contributed by atoms with E-state index in [1.54, 1.807) is 11.3 Å². The molecule has 8 aromatic carbocycles. The van der Waals surface area contributed by atoms with Crippen molar-refractivity contribution in [2.75, 3.05) is 0 Å². The van der Waals surface area contributed by atoms with Gasteiger partial charge in [-0.05, 0) is 41.5 Å². The van der Waals surface area contributed by atoms with Gasteiger partial charge in [-0.3, -0.25) is 0 Å². The Bertz CT molecular complexity index is 3470. The summed E-state index contributed by atoms with van der Waals surface area (Å²) in [5, 5.41) is 7.71. The van der Waals surface area contributed by atoms with Gasteiger partial charge >= 0.3 is 0 Å². The number of aromatic nitrogens is 3. The molecule has 57 heavy (non-hydrogen) atoms. The second kappa shape index (κ2) is 13.0. The number of hydrogen-bond donors (Lipinski definition) is 0. The number of hydrogen-bond acceptors (Lipinski definition) is 6. The van der Waals surface area contributed by atoms with E-state index in [2.05, 4.69) is 140 Å². The Morgan fingerprint density at radius 2 is 0.772 bits per heavy atom. The Kier molecular flexibility index (Phi) is 7.45. The fourth-order valence-corrected chi connectivity index (χ4v) is 12.0. The minimum absolute atomic E-state index is 0.666. The third kappa shape index (κ3) is 5.26. The average Bonchev–Trinajstić information content (AvgIpc) is 3.98. The van der Waals surface area contributed by atoms with Gasteiger partial charge in [-0.25, -0.2) is 15.0 Å². The van der Waals surface area contributed by atoms with Crippen molar-refractivity contribution in [2.45, 2.75) is 0 Å². The molecule has 0 aliphatic heterocycles. The van der Waals surface area contributed by atoms with Crippen LogP contribution in [0.15, 0.2) is 176 Å². The first-order valence-corrected chi connectivity index (χ1v) is 21.4. The van der Waals surface area contributed by atoms with E-state index in [1.165, 1.54) is 82.8 Å². The monoisotopic (exact) mass is 779 g/mol. The topological polar surface area (TPSA) is 38.7 Å². The zero-order valence-corrected chi connectivity index (χ0v) is 32.8. The molecular weight excluding hydrogens is 751 g/mol. The highest BCUT2D eigenvalue weighted by Gasteiger charge is 2.20. The first kappa shape index (κ1) is 32.7. The van der Waals surface area contributed by atoms with Crippen LogP contribution in [-0.2, 0) is 0 Å². The summed E-state index contributed by atoms with van der Waals surface area (Å²) in [6.45, 7) is 0. The third-order valence-corrected chi connectivity index (χ3v) is 14.6. The van der Waals surface area contributed by atoms with E-state index >= 15 is 0 Å². The SMILES string of the molecule is c1ccc(-c2nc(-c3ccccc3)nc(-c3cccc4c3sc3ccc(-c5ccc(-c6cccc7c6sc6ccccc67)c6sc7ccccc7c56)cc34)n2)cc1. The highest BCUT2D eigenvalue weighted by atomic mass is 32.1. The predicted octanol–water partition coefficient (Wildman–Crippen LogP) is 15.3. The van der Waals surface area contributed by atoms with Crippen LogP contribution in [0, 0.1) is 0 Å². The first-order valence-electron chi connectivity index (χ1n) is 18.9. The molecule has 0 N–H and O–H groups in total. The molecule has 0 amide bonds. The number of benzene rings is 8. The van der Waals surface area contributed by atoms with Gasteiger partial charge in [0.25, 0.3) is 0 Å². The standard InChI is InChI=1S/C51H29N3S3/c1-3-13-30(14-4-1)49-52-50(31-15-5-2-6-16-31)54-51(53-49)40-22-12-21-37-41-29-32(25-28-44(41)56-47(37)40)33-26-27-38(48-45(33)39-18-8-10-24-43(39)57-48)36-20-11-19-35-34-17-7-9-23-42(34)55-46(35)36/h1-29H. The number of fused-ring (bicyclic) bond motifs is 9. The van der Waals surface area contributed by atoms with Crippen molar-refractivity contribution in [1.29, 1.82) is 0 Å². The molecule has 0 atom stereocenters. The Labute approximate surface area is 339 Å². The highest BCUT2D eigenvalue weighted by molar-refractivity contribution is 7.27. The average molecular weight is 780 g/mol. The van der Waals surface area contributed by atoms with Crippen LogP contribution in [0.1, 0.15) is 0 Å². The quantitative estimate of drug-likeness (QED) is 0.175. The van der Waals surface area contributed by atoms with Crippen LogP contribution < -0.4 is 0 Å². The summed E-state index contributed by atoms with van der Waals surface area (Å²) in [7, 11) is 0. The van der Waals surface area contributed by atoms with E-state index in [4.69, 9.17) is 15.0 Å². The van der Waals surface area contributed by atoms with Crippen LogP contribution in [-0.4, -0.2) is 15.0 Å². The fourth-order valence-electron chi connectivity index (χ4n) is 8.31. The van der Waals surface area contributed by atoms with Gasteiger partial charge < -0.3 is 0 Å². The summed E-state index contributed by atoms with van der Waals surface area (Å²) in [6.07, 6.45) is 0. The maximum Gasteiger partial charge on any atom is 0.165 e. The van der Waals surface area contributed by atoms with Crippen molar-refractivity contribution in [3.8, 4) is 56.4 Å². The molecule has 0 spiro atoms. The largest absolute Gasteiger partial charge is 0.208 e. The number of nitrogens with zero attached hydrogens (tertiary/aromatic N) is 3. The van der Waals surface area contributed by atoms with Crippen molar-refractivity contribution in [3.05, 3.63) is 176 Å². The smallest absolute Gasteiger partial charge is 0.165 e. The minimum Gasteiger partial charge on any atom is -0.208 e. The number of rotatable bonds is 5. The van der Waals surface area contributed by atoms with E-state index < -0.39 is 0 Å². The lowest BCUT2D eigenvalue weighted by molar-refractivity contribution is 1.08. The molecule has 0 aliphatic carbocycles. The molecule has 12 aromatic rings. The van der Waals surface area contributed by atoms with Gasteiger partial charge in [0.1, 0.15) is 0 Å². The maximum absolute atomic E-state index is 5.09. The summed E-state index contributed by atoms with van der Waals surface area (Å²) in [6, 6.07) is 63.0. The fraction of sp³-hybridized carbons (Fsp3) is 0. The van der Waals surface area contributed by atoms with Crippen molar-refractivity contribution in [3.63, 3.8) is 0 Å². The molecule has 4 aromatic heterocycles. The van der Waals surface area contributed by atoms with E-state index in [0.29, 0.717) is 17.5 Å². The Morgan fingerprint density at radius 3 is 1.49 bits per heavy atom. The lowest BCUT2D eigenvalue weighted by Crippen LogP contribution is -2.00. The van der Waals surface area contributed by atoms with Crippen LogP contribution in [0.5, 0.6) is 0 Å². The Balaban J connectivity index is 1.04. The van der Waals surface area contributed by atoms with Crippen LogP contribution >= 0.6 is 34.0 Å². The van der Waals surface area contributed by atoms with E-state index in [1.807, 2.05) is 59.1 Å². The molecule has 6 heteroatoms. The van der Waals surface area contributed by atoms with Crippen LogP contribution in [0.4, 0.5) is 0 Å². The lowest BCUT2D eigenvalue weighted by Gasteiger charge is -2.11. The zero-order chi connectivity index (χ0) is 37.5. The molecule has 12 rings (SSSR count). The Morgan fingerprint density at radius 1 is 0.281 bits per heavy atom. The first-order chi connectivity index (χ1) is 28.2. The van der Waals surface area contributed by atoms with Crippen molar-refractivity contribution >= 4 is 94.5 Å². The molecule has 0 aliphatic rings. The van der Waals surface area contributed by atoms with Gasteiger partial charge in [0.2, 0.25) is 0 Å². The van der Waals surface area contributed by atoms with Gasteiger partial charge in [-0.2, -0.15) is 0 Å². The van der Waals surface area contributed by atoms with Crippen molar-refractivity contribution in [1.82, 2.24) is 15.0 Å². The molecule has 0 saturated heterocycles. The predicted molar refractivity (Wildman–Crippen MR) is 246 cm³/mol. The summed E-state index contributed by atoms with van der Waals surface area (Å²) in [5.74, 6) is 2.01. The molecule has 4 heterocycles.